The number of methoxy groups -OCH3 is 2. The summed E-state index contributed by atoms with van der Waals surface area (Å²) in [5, 5.41) is 0. The summed E-state index contributed by atoms with van der Waals surface area (Å²) >= 11 is 0. The lowest BCUT2D eigenvalue weighted by Crippen LogP contribution is -2.25. The van der Waals surface area contributed by atoms with Crippen LogP contribution in [0.2, 0.25) is 0 Å². The Hall–Kier alpha value is -1.65. The summed E-state index contributed by atoms with van der Waals surface area (Å²) in [4.78, 5) is 34.4. The largest absolute Gasteiger partial charge is 0.466 e. The molecule has 5 heteroatoms. The van der Waals surface area contributed by atoms with Gasteiger partial charge in [-0.2, -0.15) is 0 Å². The van der Waals surface area contributed by atoms with E-state index in [0.717, 1.165) is 0 Å². The number of carbonyl (C=O) groups excluding carboxylic acids is 3. The number of Topliss-reactive ketones (excluding diaryl/α,β-unsaturated/α-hetero) is 1. The van der Waals surface area contributed by atoms with Crippen LogP contribution < -0.4 is 0 Å². The fourth-order valence-electron chi connectivity index (χ4n) is 1.97. The minimum atomic E-state index is -0.559. The summed E-state index contributed by atoms with van der Waals surface area (Å²) < 4.78 is 9.25. The van der Waals surface area contributed by atoms with Crippen molar-refractivity contribution in [2.75, 3.05) is 14.2 Å². The van der Waals surface area contributed by atoms with Gasteiger partial charge in [0, 0.05) is 17.1 Å². The Balaban J connectivity index is 3.05. The Morgan fingerprint density at radius 3 is 2.06 bits per heavy atom. The highest BCUT2D eigenvalue weighted by molar-refractivity contribution is 6.01. The maximum Gasteiger partial charge on any atom is 0.334 e. The lowest BCUT2D eigenvalue weighted by atomic mass is 9.82. The first-order valence-corrected chi connectivity index (χ1v) is 5.40. The molecule has 0 saturated carbocycles. The van der Waals surface area contributed by atoms with Crippen LogP contribution in [0.4, 0.5) is 0 Å². The van der Waals surface area contributed by atoms with E-state index in [-0.39, 0.29) is 23.7 Å². The Bertz CT molecular complexity index is 380. The summed E-state index contributed by atoms with van der Waals surface area (Å²) in [5.74, 6) is -1.27. The van der Waals surface area contributed by atoms with Crippen LogP contribution >= 0.6 is 0 Å². The first kappa shape index (κ1) is 13.4. The van der Waals surface area contributed by atoms with Gasteiger partial charge in [0.25, 0.3) is 0 Å². The molecular weight excluding hydrogens is 224 g/mol. The minimum absolute atomic E-state index is 0.0234. The van der Waals surface area contributed by atoms with Crippen molar-refractivity contribution in [3.05, 3.63) is 11.1 Å². The molecule has 0 aromatic heterocycles. The topological polar surface area (TPSA) is 69.7 Å². The molecule has 0 N–H and O–H groups in total. The zero-order chi connectivity index (χ0) is 13.0. The molecule has 1 atom stereocenters. The molecule has 1 aliphatic carbocycles. The standard InChI is InChI=1S/C12H16O5/c1-7(13)8-4-5-9(11(14)16-2)10(6-8)12(15)17-3/h8H,4-6H2,1-3H3. The van der Waals surface area contributed by atoms with Crippen molar-refractivity contribution >= 4 is 17.7 Å². The number of hydrogen-bond acceptors (Lipinski definition) is 5. The van der Waals surface area contributed by atoms with E-state index in [4.69, 9.17) is 0 Å². The molecule has 0 bridgehead atoms. The zero-order valence-corrected chi connectivity index (χ0v) is 10.2. The molecule has 17 heavy (non-hydrogen) atoms. The molecule has 0 aromatic rings. The van der Waals surface area contributed by atoms with E-state index in [2.05, 4.69) is 9.47 Å². The molecule has 1 aliphatic rings. The van der Waals surface area contributed by atoms with Crippen LogP contribution in [0.5, 0.6) is 0 Å². The zero-order valence-electron chi connectivity index (χ0n) is 10.2. The summed E-state index contributed by atoms with van der Waals surface area (Å²) in [6.07, 6.45) is 1.20. The number of esters is 2. The summed E-state index contributed by atoms with van der Waals surface area (Å²) in [5.41, 5.74) is 0.600. The lowest BCUT2D eigenvalue weighted by molar-refractivity contribution is -0.140. The van der Waals surface area contributed by atoms with Gasteiger partial charge in [-0.3, -0.25) is 4.79 Å². The van der Waals surface area contributed by atoms with Crippen molar-refractivity contribution < 1.29 is 23.9 Å². The van der Waals surface area contributed by atoms with Crippen molar-refractivity contribution in [1.82, 2.24) is 0 Å². The smallest absolute Gasteiger partial charge is 0.334 e. The average Bonchev–Trinajstić information content (AvgIpc) is 2.35. The van der Waals surface area contributed by atoms with E-state index < -0.39 is 11.9 Å². The number of ketones is 1. The van der Waals surface area contributed by atoms with E-state index >= 15 is 0 Å². The van der Waals surface area contributed by atoms with Crippen LogP contribution in [-0.4, -0.2) is 31.9 Å². The summed E-state index contributed by atoms with van der Waals surface area (Å²) in [6, 6.07) is 0. The highest BCUT2D eigenvalue weighted by atomic mass is 16.5. The van der Waals surface area contributed by atoms with Crippen molar-refractivity contribution in [3.8, 4) is 0 Å². The Morgan fingerprint density at radius 1 is 1.06 bits per heavy atom. The van der Waals surface area contributed by atoms with Crippen molar-refractivity contribution in [1.29, 1.82) is 0 Å². The van der Waals surface area contributed by atoms with Crippen molar-refractivity contribution in [2.45, 2.75) is 26.2 Å². The van der Waals surface area contributed by atoms with Gasteiger partial charge in [-0.25, -0.2) is 9.59 Å². The van der Waals surface area contributed by atoms with Crippen LogP contribution in [0.3, 0.4) is 0 Å². The van der Waals surface area contributed by atoms with Gasteiger partial charge >= 0.3 is 11.9 Å². The van der Waals surface area contributed by atoms with Crippen LogP contribution in [0, 0.1) is 5.92 Å². The maximum atomic E-state index is 11.6. The van der Waals surface area contributed by atoms with Crippen molar-refractivity contribution in [2.24, 2.45) is 5.92 Å². The van der Waals surface area contributed by atoms with Gasteiger partial charge in [-0.15, -0.1) is 0 Å². The molecule has 0 fully saturated rings. The predicted molar refractivity (Wildman–Crippen MR) is 59.1 cm³/mol. The first-order valence-electron chi connectivity index (χ1n) is 5.40. The molecule has 0 aliphatic heterocycles. The number of hydrogen-bond donors (Lipinski definition) is 0. The van der Waals surface area contributed by atoms with Gasteiger partial charge in [0.2, 0.25) is 0 Å². The van der Waals surface area contributed by atoms with Crippen molar-refractivity contribution in [3.63, 3.8) is 0 Å². The maximum absolute atomic E-state index is 11.6. The molecular formula is C12H16O5. The predicted octanol–water partition coefficient (Wildman–Crippen LogP) is 1.02. The normalized spacial score (nSPS) is 19.8. The third-order valence-corrected chi connectivity index (χ3v) is 3.00. The monoisotopic (exact) mass is 240 g/mol. The fraction of sp³-hybridized carbons (Fsp3) is 0.583. The minimum Gasteiger partial charge on any atom is -0.466 e. The Morgan fingerprint density at radius 2 is 1.59 bits per heavy atom. The quantitative estimate of drug-likeness (QED) is 0.689. The van der Waals surface area contributed by atoms with Crippen LogP contribution in [0.25, 0.3) is 0 Å². The summed E-state index contributed by atoms with van der Waals surface area (Å²) in [6.45, 7) is 1.49. The highest BCUT2D eigenvalue weighted by Crippen LogP contribution is 2.31. The molecule has 0 aromatic carbocycles. The average molecular weight is 240 g/mol. The second kappa shape index (κ2) is 5.61. The second-order valence-corrected chi connectivity index (χ2v) is 3.99. The second-order valence-electron chi connectivity index (χ2n) is 3.99. The third-order valence-electron chi connectivity index (χ3n) is 3.00. The SMILES string of the molecule is COC(=O)C1=C(C(=O)OC)CC(C(C)=O)CC1. The van der Waals surface area contributed by atoms with Gasteiger partial charge < -0.3 is 9.47 Å². The Labute approximate surface area is 99.8 Å². The molecule has 0 radical (unpaired) electrons. The van der Waals surface area contributed by atoms with E-state index in [9.17, 15) is 14.4 Å². The van der Waals surface area contributed by atoms with E-state index in [1.54, 1.807) is 0 Å². The van der Waals surface area contributed by atoms with Gasteiger partial charge in [-0.05, 0) is 26.2 Å². The van der Waals surface area contributed by atoms with E-state index in [1.165, 1.54) is 21.1 Å². The molecule has 0 saturated heterocycles. The fourth-order valence-corrected chi connectivity index (χ4v) is 1.97. The van der Waals surface area contributed by atoms with Crippen LogP contribution in [0.15, 0.2) is 11.1 Å². The van der Waals surface area contributed by atoms with E-state index in [1.807, 2.05) is 0 Å². The van der Waals surface area contributed by atoms with Crippen LogP contribution in [-0.2, 0) is 23.9 Å². The lowest BCUT2D eigenvalue weighted by Gasteiger charge is -2.23. The summed E-state index contributed by atoms with van der Waals surface area (Å²) in [7, 11) is 2.52. The molecule has 0 amide bonds. The molecule has 94 valence electrons. The third kappa shape index (κ3) is 2.93. The van der Waals surface area contributed by atoms with Gasteiger partial charge in [0.15, 0.2) is 0 Å². The molecule has 5 nitrogen and oxygen atoms in total. The molecule has 1 rings (SSSR count). The van der Waals surface area contributed by atoms with Gasteiger partial charge in [0.1, 0.15) is 5.78 Å². The molecule has 0 heterocycles. The Kier molecular flexibility index (Phi) is 4.43. The van der Waals surface area contributed by atoms with E-state index in [0.29, 0.717) is 18.4 Å². The molecule has 0 spiro atoms. The number of rotatable bonds is 3. The molecule has 1 unspecified atom stereocenters. The highest BCUT2D eigenvalue weighted by Gasteiger charge is 2.31. The number of carbonyl (C=O) groups is 3. The number of ether oxygens (including phenoxy) is 2. The first-order chi connectivity index (χ1) is 8.01. The van der Waals surface area contributed by atoms with Gasteiger partial charge in [-0.1, -0.05) is 0 Å². The van der Waals surface area contributed by atoms with Gasteiger partial charge in [0.05, 0.1) is 14.2 Å². The van der Waals surface area contributed by atoms with Crippen LogP contribution in [0.1, 0.15) is 26.2 Å².